The molecule has 7 heteroatoms. The number of alkyl halides is 1. The zero-order valence-corrected chi connectivity index (χ0v) is 11.0. The molecule has 0 aliphatic carbocycles. The Bertz CT molecular complexity index is 473. The van der Waals surface area contributed by atoms with Crippen molar-refractivity contribution >= 4 is 29.1 Å². The summed E-state index contributed by atoms with van der Waals surface area (Å²) in [6, 6.07) is -0.464. The summed E-state index contributed by atoms with van der Waals surface area (Å²) in [5, 5.41) is 6.67. The van der Waals surface area contributed by atoms with Crippen LogP contribution in [0.3, 0.4) is 0 Å². The van der Waals surface area contributed by atoms with Crippen molar-refractivity contribution in [3.05, 3.63) is 12.4 Å². The summed E-state index contributed by atoms with van der Waals surface area (Å²) < 4.78 is 1.64. The van der Waals surface area contributed by atoms with Crippen LogP contribution in [-0.2, 0) is 16.6 Å². The fourth-order valence-corrected chi connectivity index (χ4v) is 2.28. The van der Waals surface area contributed by atoms with Gasteiger partial charge < -0.3 is 10.2 Å². The van der Waals surface area contributed by atoms with E-state index in [1.807, 2.05) is 6.92 Å². The van der Waals surface area contributed by atoms with Crippen LogP contribution in [0.2, 0.25) is 0 Å². The van der Waals surface area contributed by atoms with Gasteiger partial charge in [0, 0.05) is 19.3 Å². The zero-order valence-electron chi connectivity index (χ0n) is 10.3. The van der Waals surface area contributed by atoms with Gasteiger partial charge in [-0.3, -0.25) is 14.3 Å². The smallest absolute Gasteiger partial charge is 0.249 e. The van der Waals surface area contributed by atoms with Gasteiger partial charge in [0.05, 0.1) is 11.9 Å². The van der Waals surface area contributed by atoms with E-state index in [9.17, 15) is 9.59 Å². The molecule has 2 heterocycles. The number of hydrogen-bond donors (Lipinski definition) is 1. The first-order valence-electron chi connectivity index (χ1n) is 5.70. The number of halogens is 1. The second kappa shape index (κ2) is 4.97. The number of carbonyl (C=O) groups is 2. The van der Waals surface area contributed by atoms with Crippen LogP contribution in [0.25, 0.3) is 0 Å². The number of hydrogen-bond acceptors (Lipinski definition) is 3. The zero-order chi connectivity index (χ0) is 13.3. The van der Waals surface area contributed by atoms with Gasteiger partial charge in [-0.1, -0.05) is 0 Å². The van der Waals surface area contributed by atoms with Crippen molar-refractivity contribution in [3.63, 3.8) is 0 Å². The molecule has 2 unspecified atom stereocenters. The Morgan fingerprint density at radius 2 is 2.39 bits per heavy atom. The van der Waals surface area contributed by atoms with Crippen LogP contribution in [0, 0.1) is 0 Å². The van der Waals surface area contributed by atoms with Gasteiger partial charge in [0.1, 0.15) is 11.9 Å². The first-order valence-corrected chi connectivity index (χ1v) is 6.23. The molecule has 2 atom stereocenters. The van der Waals surface area contributed by atoms with Crippen LogP contribution < -0.4 is 10.2 Å². The fraction of sp³-hybridized carbons (Fsp3) is 0.545. The molecule has 0 saturated carbocycles. The van der Waals surface area contributed by atoms with Crippen molar-refractivity contribution in [2.24, 2.45) is 7.05 Å². The van der Waals surface area contributed by atoms with E-state index in [0.717, 1.165) is 5.69 Å². The summed E-state index contributed by atoms with van der Waals surface area (Å²) in [4.78, 5) is 25.1. The molecule has 1 aromatic rings. The summed E-state index contributed by atoms with van der Waals surface area (Å²) in [6.45, 7) is 1.94. The van der Waals surface area contributed by atoms with Crippen molar-refractivity contribution in [3.8, 4) is 0 Å². The highest BCUT2D eigenvalue weighted by Gasteiger charge is 2.39. The highest BCUT2D eigenvalue weighted by Crippen LogP contribution is 2.26. The van der Waals surface area contributed by atoms with Crippen LogP contribution in [0.4, 0.5) is 5.69 Å². The van der Waals surface area contributed by atoms with E-state index in [4.69, 9.17) is 11.6 Å². The maximum atomic E-state index is 12.2. The van der Waals surface area contributed by atoms with Crippen molar-refractivity contribution in [2.75, 3.05) is 10.8 Å². The van der Waals surface area contributed by atoms with Gasteiger partial charge in [-0.25, -0.2) is 0 Å². The van der Waals surface area contributed by atoms with Crippen LogP contribution >= 0.6 is 11.6 Å². The Labute approximate surface area is 110 Å². The number of nitrogens with one attached hydrogen (secondary N) is 1. The van der Waals surface area contributed by atoms with Crippen molar-refractivity contribution in [2.45, 2.75) is 25.4 Å². The molecule has 0 aromatic carbocycles. The third-order valence-electron chi connectivity index (χ3n) is 2.98. The van der Waals surface area contributed by atoms with Gasteiger partial charge in [-0.05, 0) is 13.3 Å². The summed E-state index contributed by atoms with van der Waals surface area (Å²) in [7, 11) is 1.79. The van der Waals surface area contributed by atoms with E-state index in [1.54, 1.807) is 29.0 Å². The molecule has 0 spiro atoms. The molecule has 2 amide bonds. The molecular formula is C11H15ClN4O2. The number of aromatic nitrogens is 2. The van der Waals surface area contributed by atoms with Crippen molar-refractivity contribution in [1.29, 1.82) is 0 Å². The van der Waals surface area contributed by atoms with Gasteiger partial charge >= 0.3 is 0 Å². The molecule has 1 saturated heterocycles. The van der Waals surface area contributed by atoms with E-state index in [2.05, 4.69) is 10.4 Å². The second-order valence-corrected chi connectivity index (χ2v) is 4.69. The van der Waals surface area contributed by atoms with E-state index in [0.29, 0.717) is 6.42 Å². The number of amides is 2. The first-order chi connectivity index (χ1) is 8.52. The van der Waals surface area contributed by atoms with Crippen LogP contribution in [0.1, 0.15) is 13.3 Å². The summed E-state index contributed by atoms with van der Waals surface area (Å²) in [6.07, 6.45) is 4.00. The SMILES string of the molecule is CC1CC(NC(=O)CCl)C(=O)N1c1cnn(C)c1. The number of carbonyl (C=O) groups excluding carboxylic acids is 2. The molecule has 1 aromatic heterocycles. The monoisotopic (exact) mass is 270 g/mol. The molecule has 18 heavy (non-hydrogen) atoms. The Morgan fingerprint density at radius 3 is 2.94 bits per heavy atom. The lowest BCUT2D eigenvalue weighted by Crippen LogP contribution is -2.42. The standard InChI is InChI=1S/C11H15ClN4O2/c1-7-3-9(14-10(17)4-12)11(18)16(7)8-5-13-15(2)6-8/h5-7,9H,3-4H2,1-2H3,(H,14,17). The number of nitrogens with zero attached hydrogens (tertiary/aromatic N) is 3. The van der Waals surface area contributed by atoms with Gasteiger partial charge in [0.2, 0.25) is 11.8 Å². The first kappa shape index (κ1) is 12.9. The molecule has 1 N–H and O–H groups in total. The average Bonchev–Trinajstić information content (AvgIpc) is 2.84. The molecule has 1 aliphatic heterocycles. The van der Waals surface area contributed by atoms with E-state index in [1.165, 1.54) is 0 Å². The molecular weight excluding hydrogens is 256 g/mol. The Morgan fingerprint density at radius 1 is 1.67 bits per heavy atom. The summed E-state index contributed by atoms with van der Waals surface area (Å²) in [5.41, 5.74) is 0.748. The summed E-state index contributed by atoms with van der Waals surface area (Å²) >= 11 is 5.42. The summed E-state index contributed by atoms with van der Waals surface area (Å²) in [5.74, 6) is -0.574. The minimum absolute atomic E-state index is 0.0299. The second-order valence-electron chi connectivity index (χ2n) is 4.42. The van der Waals surface area contributed by atoms with Gasteiger partial charge in [0.15, 0.2) is 0 Å². The predicted octanol–water partition coefficient (Wildman–Crippen LogP) is 0.269. The van der Waals surface area contributed by atoms with Crippen LogP contribution in [-0.4, -0.2) is 39.6 Å². The lowest BCUT2D eigenvalue weighted by atomic mass is 10.2. The van der Waals surface area contributed by atoms with Crippen molar-refractivity contribution in [1.82, 2.24) is 15.1 Å². The highest BCUT2D eigenvalue weighted by molar-refractivity contribution is 6.27. The number of anilines is 1. The van der Waals surface area contributed by atoms with E-state index in [-0.39, 0.29) is 23.7 Å². The van der Waals surface area contributed by atoms with E-state index >= 15 is 0 Å². The molecule has 2 rings (SSSR count). The number of rotatable bonds is 3. The highest BCUT2D eigenvalue weighted by atomic mass is 35.5. The van der Waals surface area contributed by atoms with Crippen molar-refractivity contribution < 1.29 is 9.59 Å². The topological polar surface area (TPSA) is 67.2 Å². The lowest BCUT2D eigenvalue weighted by Gasteiger charge is -2.19. The third-order valence-corrected chi connectivity index (χ3v) is 3.22. The van der Waals surface area contributed by atoms with E-state index < -0.39 is 6.04 Å². The normalized spacial score (nSPS) is 23.5. The average molecular weight is 271 g/mol. The maximum absolute atomic E-state index is 12.2. The van der Waals surface area contributed by atoms with Gasteiger partial charge in [-0.15, -0.1) is 11.6 Å². The minimum Gasteiger partial charge on any atom is -0.343 e. The Kier molecular flexibility index (Phi) is 3.56. The molecule has 98 valence electrons. The van der Waals surface area contributed by atoms with Gasteiger partial charge in [-0.2, -0.15) is 5.10 Å². The fourth-order valence-electron chi connectivity index (χ4n) is 2.20. The molecule has 6 nitrogen and oxygen atoms in total. The van der Waals surface area contributed by atoms with Gasteiger partial charge in [0.25, 0.3) is 0 Å². The maximum Gasteiger partial charge on any atom is 0.249 e. The minimum atomic E-state index is -0.494. The molecule has 1 fully saturated rings. The Hall–Kier alpha value is -1.56. The largest absolute Gasteiger partial charge is 0.343 e. The lowest BCUT2D eigenvalue weighted by molar-refractivity contribution is -0.125. The molecule has 0 radical (unpaired) electrons. The molecule has 1 aliphatic rings. The Balaban J connectivity index is 2.14. The predicted molar refractivity (Wildman–Crippen MR) is 67.4 cm³/mol. The third kappa shape index (κ3) is 2.33. The van der Waals surface area contributed by atoms with Crippen LogP contribution in [0.15, 0.2) is 12.4 Å². The molecule has 0 bridgehead atoms. The quantitative estimate of drug-likeness (QED) is 0.802. The number of aryl methyl sites for hydroxylation is 1. The van der Waals surface area contributed by atoms with Crippen LogP contribution in [0.5, 0.6) is 0 Å².